The molecule has 0 N–H and O–H groups in total. The molecule has 2 rings (SSSR count). The van der Waals surface area contributed by atoms with Crippen LogP contribution in [-0.2, 0) is 6.54 Å². The van der Waals surface area contributed by atoms with Crippen LogP contribution in [0.15, 0.2) is 28.8 Å². The molecular formula is C15H20FN3O. The molecular weight excluding hydrogens is 257 g/mol. The first-order valence-corrected chi connectivity index (χ1v) is 6.75. The number of nitrogens with zero attached hydrogens (tertiary/aromatic N) is 3. The summed E-state index contributed by atoms with van der Waals surface area (Å²) in [5, 5.41) is 3.95. The van der Waals surface area contributed by atoms with Gasteiger partial charge >= 0.3 is 0 Å². The van der Waals surface area contributed by atoms with Gasteiger partial charge in [0.2, 0.25) is 5.89 Å². The van der Waals surface area contributed by atoms with E-state index in [-0.39, 0.29) is 17.8 Å². The van der Waals surface area contributed by atoms with Gasteiger partial charge in [-0.3, -0.25) is 4.90 Å². The maximum Gasteiger partial charge on any atom is 0.240 e. The third-order valence-corrected chi connectivity index (χ3v) is 3.40. The van der Waals surface area contributed by atoms with Crippen LogP contribution >= 0.6 is 0 Å². The summed E-state index contributed by atoms with van der Waals surface area (Å²) in [5.41, 5.74) is 1.05. The molecule has 0 aliphatic carbocycles. The fraction of sp³-hybridized carbons (Fsp3) is 0.467. The van der Waals surface area contributed by atoms with E-state index in [1.807, 2.05) is 20.9 Å². The minimum Gasteiger partial charge on any atom is -0.338 e. The molecule has 4 nitrogen and oxygen atoms in total. The summed E-state index contributed by atoms with van der Waals surface area (Å²) in [7, 11) is 1.98. The highest BCUT2D eigenvalue weighted by Gasteiger charge is 2.16. The van der Waals surface area contributed by atoms with E-state index in [4.69, 9.17) is 4.52 Å². The Hall–Kier alpha value is -1.75. The molecule has 1 heterocycles. The van der Waals surface area contributed by atoms with E-state index >= 15 is 0 Å². The number of aromatic nitrogens is 2. The van der Waals surface area contributed by atoms with Crippen LogP contribution in [0.3, 0.4) is 0 Å². The van der Waals surface area contributed by atoms with Crippen molar-refractivity contribution >= 4 is 0 Å². The van der Waals surface area contributed by atoms with E-state index in [1.54, 1.807) is 12.1 Å². The second-order valence-corrected chi connectivity index (χ2v) is 5.34. The normalized spacial score (nSPS) is 13.2. The molecule has 0 spiro atoms. The number of hydrogen-bond donors (Lipinski definition) is 0. The second-order valence-electron chi connectivity index (χ2n) is 5.34. The predicted molar refractivity (Wildman–Crippen MR) is 74.7 cm³/mol. The first-order chi connectivity index (χ1) is 9.47. The molecule has 0 saturated heterocycles. The van der Waals surface area contributed by atoms with Crippen LogP contribution in [0.1, 0.15) is 50.0 Å². The van der Waals surface area contributed by atoms with Gasteiger partial charge < -0.3 is 4.52 Å². The van der Waals surface area contributed by atoms with Crippen LogP contribution < -0.4 is 0 Å². The van der Waals surface area contributed by atoms with Gasteiger partial charge in [-0.2, -0.15) is 4.98 Å². The molecule has 2 aromatic rings. The lowest BCUT2D eigenvalue weighted by molar-refractivity contribution is 0.216. The quantitative estimate of drug-likeness (QED) is 0.838. The fourth-order valence-electron chi connectivity index (χ4n) is 1.91. The number of benzene rings is 1. The molecule has 0 fully saturated rings. The monoisotopic (exact) mass is 277 g/mol. The van der Waals surface area contributed by atoms with E-state index in [2.05, 4.69) is 22.0 Å². The predicted octanol–water partition coefficient (Wildman–Crippen LogP) is 3.53. The summed E-state index contributed by atoms with van der Waals surface area (Å²) >= 11 is 0. The molecule has 0 saturated carbocycles. The maximum absolute atomic E-state index is 12.9. The summed E-state index contributed by atoms with van der Waals surface area (Å²) in [6, 6.07) is 6.69. The summed E-state index contributed by atoms with van der Waals surface area (Å²) in [4.78, 5) is 6.45. The third kappa shape index (κ3) is 3.42. The molecule has 20 heavy (non-hydrogen) atoms. The Balaban J connectivity index is 2.03. The Morgan fingerprint density at radius 1 is 1.20 bits per heavy atom. The van der Waals surface area contributed by atoms with Gasteiger partial charge in [-0.05, 0) is 31.7 Å². The first-order valence-electron chi connectivity index (χ1n) is 6.75. The fourth-order valence-corrected chi connectivity index (χ4v) is 1.91. The molecule has 108 valence electrons. The zero-order valence-electron chi connectivity index (χ0n) is 12.3. The van der Waals surface area contributed by atoms with E-state index < -0.39 is 0 Å². The van der Waals surface area contributed by atoms with Gasteiger partial charge in [-0.1, -0.05) is 31.1 Å². The summed E-state index contributed by atoms with van der Waals surface area (Å²) in [5.74, 6) is 1.36. The molecule has 0 aliphatic heterocycles. The number of halogens is 1. The van der Waals surface area contributed by atoms with Gasteiger partial charge in [0.25, 0.3) is 0 Å². The highest BCUT2D eigenvalue weighted by molar-refractivity contribution is 5.19. The Bertz CT molecular complexity index is 551. The van der Waals surface area contributed by atoms with Crippen molar-refractivity contribution in [2.24, 2.45) is 0 Å². The van der Waals surface area contributed by atoms with Crippen molar-refractivity contribution in [3.63, 3.8) is 0 Å². The molecule has 0 amide bonds. The van der Waals surface area contributed by atoms with Crippen LogP contribution in [-0.4, -0.2) is 22.1 Å². The van der Waals surface area contributed by atoms with Gasteiger partial charge in [-0.15, -0.1) is 0 Å². The Morgan fingerprint density at radius 2 is 1.85 bits per heavy atom. The van der Waals surface area contributed by atoms with Crippen molar-refractivity contribution < 1.29 is 8.91 Å². The Kier molecular flexibility index (Phi) is 4.49. The lowest BCUT2D eigenvalue weighted by Crippen LogP contribution is -2.22. The topological polar surface area (TPSA) is 42.2 Å². The molecule has 0 aliphatic rings. The van der Waals surface area contributed by atoms with E-state index in [0.717, 1.165) is 11.4 Å². The van der Waals surface area contributed by atoms with E-state index in [1.165, 1.54) is 12.1 Å². The molecule has 1 aromatic carbocycles. The zero-order chi connectivity index (χ0) is 14.7. The lowest BCUT2D eigenvalue weighted by atomic mass is 10.1. The van der Waals surface area contributed by atoms with Crippen LogP contribution in [0.4, 0.5) is 4.39 Å². The van der Waals surface area contributed by atoms with Gasteiger partial charge in [-0.25, -0.2) is 4.39 Å². The minimum absolute atomic E-state index is 0.144. The Morgan fingerprint density at radius 3 is 2.40 bits per heavy atom. The Labute approximate surface area is 118 Å². The second kappa shape index (κ2) is 6.13. The molecule has 1 aromatic heterocycles. The smallest absolute Gasteiger partial charge is 0.240 e. The van der Waals surface area contributed by atoms with Crippen molar-refractivity contribution in [2.75, 3.05) is 7.05 Å². The first kappa shape index (κ1) is 14.7. The standard InChI is InChI=1S/C15H20FN3O/c1-10(2)15-17-14(20-18-15)9-19(4)11(3)12-5-7-13(16)8-6-12/h5-8,10-11H,9H2,1-4H3. The highest BCUT2D eigenvalue weighted by Crippen LogP contribution is 2.21. The van der Waals surface area contributed by atoms with Crippen LogP contribution in [0.25, 0.3) is 0 Å². The zero-order valence-corrected chi connectivity index (χ0v) is 12.3. The largest absolute Gasteiger partial charge is 0.338 e. The maximum atomic E-state index is 12.9. The minimum atomic E-state index is -0.220. The number of rotatable bonds is 5. The van der Waals surface area contributed by atoms with Crippen molar-refractivity contribution in [1.29, 1.82) is 0 Å². The average Bonchev–Trinajstić information content (AvgIpc) is 2.87. The van der Waals surface area contributed by atoms with Gasteiger partial charge in [0.15, 0.2) is 5.82 Å². The van der Waals surface area contributed by atoms with Crippen molar-refractivity contribution in [3.05, 3.63) is 47.4 Å². The van der Waals surface area contributed by atoms with Gasteiger partial charge in [0, 0.05) is 12.0 Å². The molecule has 5 heteroatoms. The van der Waals surface area contributed by atoms with Crippen molar-refractivity contribution in [3.8, 4) is 0 Å². The van der Waals surface area contributed by atoms with Crippen molar-refractivity contribution in [2.45, 2.75) is 39.3 Å². The van der Waals surface area contributed by atoms with Gasteiger partial charge in [0.05, 0.1) is 6.54 Å². The SMILES string of the molecule is CC(C)c1noc(CN(C)C(C)c2ccc(F)cc2)n1. The third-order valence-electron chi connectivity index (χ3n) is 3.40. The average molecular weight is 277 g/mol. The molecule has 0 bridgehead atoms. The van der Waals surface area contributed by atoms with E-state index in [0.29, 0.717) is 12.4 Å². The van der Waals surface area contributed by atoms with E-state index in [9.17, 15) is 4.39 Å². The molecule has 0 radical (unpaired) electrons. The van der Waals surface area contributed by atoms with Crippen LogP contribution in [0.2, 0.25) is 0 Å². The van der Waals surface area contributed by atoms with Crippen molar-refractivity contribution in [1.82, 2.24) is 15.0 Å². The summed E-state index contributed by atoms with van der Waals surface area (Å²) in [6.45, 7) is 6.68. The molecule has 1 unspecified atom stereocenters. The lowest BCUT2D eigenvalue weighted by Gasteiger charge is -2.23. The van der Waals surface area contributed by atoms with Crippen LogP contribution in [0.5, 0.6) is 0 Å². The highest BCUT2D eigenvalue weighted by atomic mass is 19.1. The number of hydrogen-bond acceptors (Lipinski definition) is 4. The van der Waals surface area contributed by atoms with Crippen LogP contribution in [0, 0.1) is 5.82 Å². The summed E-state index contributed by atoms with van der Waals surface area (Å²) in [6.07, 6.45) is 0. The molecule has 1 atom stereocenters. The van der Waals surface area contributed by atoms with Gasteiger partial charge in [0.1, 0.15) is 5.82 Å². The summed E-state index contributed by atoms with van der Waals surface area (Å²) < 4.78 is 18.2.